The number of pyridine rings is 1. The molecule has 0 radical (unpaired) electrons. The minimum Gasteiger partial charge on any atom is -0.256 e. The summed E-state index contributed by atoms with van der Waals surface area (Å²) in [6, 6.07) is 16.8. The van der Waals surface area contributed by atoms with Crippen LogP contribution >= 0.6 is 0 Å². The zero-order valence-electron chi connectivity index (χ0n) is 16.9. The predicted octanol–water partition coefficient (Wildman–Crippen LogP) is 6.54. The van der Waals surface area contributed by atoms with Crippen LogP contribution < -0.4 is 0 Å². The summed E-state index contributed by atoms with van der Waals surface area (Å²) in [6.07, 6.45) is 3.31. The maximum atomic E-state index is 15.1. The average molecular weight is 416 g/mol. The summed E-state index contributed by atoms with van der Waals surface area (Å²) in [5.74, 6) is -2.14. The number of fused-ring (bicyclic) bond motifs is 1. The second-order valence-electron chi connectivity index (χ2n) is 7.43. The molecule has 1 aromatic heterocycles. The number of halogens is 3. The Labute approximate surface area is 178 Å². The molecule has 0 N–H and O–H groups in total. The smallest absolute Gasteiger partial charge is 0.144 e. The number of rotatable bonds is 5. The Bertz CT molecular complexity index is 1280. The second-order valence-corrected chi connectivity index (χ2v) is 7.43. The maximum absolute atomic E-state index is 15.1. The van der Waals surface area contributed by atoms with Crippen LogP contribution in [0, 0.1) is 28.8 Å². The van der Waals surface area contributed by atoms with Crippen molar-refractivity contribution >= 4 is 10.8 Å². The average Bonchev–Trinajstić information content (AvgIpc) is 2.78. The number of aromatic nitrogens is 1. The standard InChI is InChI=1S/C26H19F3N2/c1-2-16-4-10-25(31-15-16)20-8-9-21-19(13-20)7-6-18(26(21)29)5-3-17-11-23(27)22(14-30)24(28)12-17/h4,6-13,15H,2-3,5H2,1H3. The summed E-state index contributed by atoms with van der Waals surface area (Å²) in [4.78, 5) is 4.48. The minimum atomic E-state index is -0.899. The Kier molecular flexibility index (Phi) is 5.73. The van der Waals surface area contributed by atoms with Crippen molar-refractivity contribution < 1.29 is 13.2 Å². The molecule has 154 valence electrons. The maximum Gasteiger partial charge on any atom is 0.144 e. The highest BCUT2D eigenvalue weighted by Crippen LogP contribution is 2.27. The molecule has 4 rings (SSSR count). The molecule has 0 aliphatic carbocycles. The van der Waals surface area contributed by atoms with Crippen LogP contribution in [0.3, 0.4) is 0 Å². The van der Waals surface area contributed by atoms with E-state index in [1.54, 1.807) is 12.1 Å². The third-order valence-corrected chi connectivity index (χ3v) is 5.46. The van der Waals surface area contributed by atoms with Gasteiger partial charge in [0.05, 0.1) is 5.69 Å². The van der Waals surface area contributed by atoms with Crippen LogP contribution in [0.15, 0.2) is 60.8 Å². The summed E-state index contributed by atoms with van der Waals surface area (Å²) in [5, 5.41) is 10.0. The number of nitriles is 1. The molecule has 0 spiro atoms. The quantitative estimate of drug-likeness (QED) is 0.370. The fraction of sp³-hybridized carbons (Fsp3) is 0.154. The lowest BCUT2D eigenvalue weighted by molar-refractivity contribution is 0.572. The van der Waals surface area contributed by atoms with Gasteiger partial charge >= 0.3 is 0 Å². The van der Waals surface area contributed by atoms with Crippen molar-refractivity contribution in [3.63, 3.8) is 0 Å². The molecular formula is C26H19F3N2. The third-order valence-electron chi connectivity index (χ3n) is 5.46. The molecule has 3 aromatic carbocycles. The first-order valence-electron chi connectivity index (χ1n) is 10.0. The van der Waals surface area contributed by atoms with Crippen LogP contribution in [0.4, 0.5) is 13.2 Å². The fourth-order valence-corrected chi connectivity index (χ4v) is 3.65. The molecule has 0 saturated heterocycles. The van der Waals surface area contributed by atoms with Crippen molar-refractivity contribution in [3.05, 3.63) is 100 Å². The van der Waals surface area contributed by atoms with Gasteiger partial charge in [-0.2, -0.15) is 5.26 Å². The van der Waals surface area contributed by atoms with E-state index >= 15 is 4.39 Å². The van der Waals surface area contributed by atoms with E-state index in [1.807, 2.05) is 36.5 Å². The highest BCUT2D eigenvalue weighted by molar-refractivity contribution is 5.88. The van der Waals surface area contributed by atoms with Gasteiger partial charge in [0.25, 0.3) is 0 Å². The topological polar surface area (TPSA) is 36.7 Å². The van der Waals surface area contributed by atoms with E-state index in [0.29, 0.717) is 16.5 Å². The molecule has 0 fully saturated rings. The van der Waals surface area contributed by atoms with Crippen molar-refractivity contribution in [2.75, 3.05) is 0 Å². The monoisotopic (exact) mass is 416 g/mol. The number of hydrogen-bond acceptors (Lipinski definition) is 2. The van der Waals surface area contributed by atoms with Gasteiger partial charge in [0.15, 0.2) is 0 Å². The van der Waals surface area contributed by atoms with Gasteiger partial charge in [-0.25, -0.2) is 13.2 Å². The Balaban J connectivity index is 1.59. The Morgan fingerprint density at radius 2 is 1.65 bits per heavy atom. The van der Waals surface area contributed by atoms with Crippen molar-refractivity contribution in [1.29, 1.82) is 5.26 Å². The van der Waals surface area contributed by atoms with Crippen LogP contribution in [0.1, 0.15) is 29.2 Å². The molecule has 0 amide bonds. The number of aryl methyl sites for hydroxylation is 3. The van der Waals surface area contributed by atoms with E-state index in [1.165, 1.54) is 6.07 Å². The highest BCUT2D eigenvalue weighted by atomic mass is 19.1. The van der Waals surface area contributed by atoms with E-state index in [2.05, 4.69) is 11.9 Å². The lowest BCUT2D eigenvalue weighted by Gasteiger charge is -2.09. The van der Waals surface area contributed by atoms with Gasteiger partial charge in [0, 0.05) is 17.1 Å². The Morgan fingerprint density at radius 1 is 0.871 bits per heavy atom. The highest BCUT2D eigenvalue weighted by Gasteiger charge is 2.13. The van der Waals surface area contributed by atoms with E-state index in [4.69, 9.17) is 5.26 Å². The van der Waals surface area contributed by atoms with Crippen molar-refractivity contribution in [1.82, 2.24) is 4.98 Å². The second kappa shape index (κ2) is 8.61. The molecule has 31 heavy (non-hydrogen) atoms. The van der Waals surface area contributed by atoms with Gasteiger partial charge in [0.1, 0.15) is 29.1 Å². The molecule has 0 bridgehead atoms. The van der Waals surface area contributed by atoms with E-state index in [0.717, 1.165) is 40.8 Å². The Morgan fingerprint density at radius 3 is 2.29 bits per heavy atom. The van der Waals surface area contributed by atoms with Crippen molar-refractivity contribution in [3.8, 4) is 17.3 Å². The molecule has 2 nitrogen and oxygen atoms in total. The fourth-order valence-electron chi connectivity index (χ4n) is 3.65. The molecule has 0 aliphatic rings. The first kappa shape index (κ1) is 20.6. The minimum absolute atomic E-state index is 0.258. The van der Waals surface area contributed by atoms with Gasteiger partial charge in [0.2, 0.25) is 0 Å². The number of benzene rings is 3. The van der Waals surface area contributed by atoms with Crippen LogP contribution in [0.2, 0.25) is 0 Å². The molecule has 1 heterocycles. The molecule has 5 heteroatoms. The van der Waals surface area contributed by atoms with Gasteiger partial charge < -0.3 is 0 Å². The SMILES string of the molecule is CCc1ccc(-c2ccc3c(F)c(CCc4cc(F)c(C#N)c(F)c4)ccc3c2)nc1. The molecule has 0 aliphatic heterocycles. The summed E-state index contributed by atoms with van der Waals surface area (Å²) < 4.78 is 42.7. The number of hydrogen-bond donors (Lipinski definition) is 0. The van der Waals surface area contributed by atoms with Crippen molar-refractivity contribution in [2.24, 2.45) is 0 Å². The predicted molar refractivity (Wildman–Crippen MR) is 115 cm³/mol. The third kappa shape index (κ3) is 4.15. The van der Waals surface area contributed by atoms with Gasteiger partial charge in [-0.05, 0) is 65.6 Å². The van der Waals surface area contributed by atoms with Crippen LogP contribution in [0.25, 0.3) is 22.0 Å². The molecule has 0 atom stereocenters. The first-order valence-corrected chi connectivity index (χ1v) is 10.0. The van der Waals surface area contributed by atoms with Gasteiger partial charge in [-0.1, -0.05) is 37.3 Å². The summed E-state index contributed by atoms with van der Waals surface area (Å²) in [6.45, 7) is 2.07. The lowest BCUT2D eigenvalue weighted by atomic mass is 9.98. The van der Waals surface area contributed by atoms with Gasteiger partial charge in [-0.15, -0.1) is 0 Å². The molecule has 4 aromatic rings. The van der Waals surface area contributed by atoms with Crippen LogP contribution in [-0.4, -0.2) is 4.98 Å². The Hall–Kier alpha value is -3.65. The zero-order valence-corrected chi connectivity index (χ0v) is 16.9. The summed E-state index contributed by atoms with van der Waals surface area (Å²) in [5.41, 5.74) is 3.14. The zero-order chi connectivity index (χ0) is 22.0. The normalized spacial score (nSPS) is 10.9. The van der Waals surface area contributed by atoms with Crippen molar-refractivity contribution in [2.45, 2.75) is 26.2 Å². The van der Waals surface area contributed by atoms with Crippen LogP contribution in [0.5, 0.6) is 0 Å². The number of nitrogens with zero attached hydrogens (tertiary/aromatic N) is 2. The molecule has 0 saturated carbocycles. The van der Waals surface area contributed by atoms with E-state index in [9.17, 15) is 8.78 Å². The summed E-state index contributed by atoms with van der Waals surface area (Å²) >= 11 is 0. The largest absolute Gasteiger partial charge is 0.256 e. The van der Waals surface area contributed by atoms with Crippen LogP contribution in [-0.2, 0) is 19.3 Å². The first-order chi connectivity index (χ1) is 15.0. The summed E-state index contributed by atoms with van der Waals surface area (Å²) in [7, 11) is 0. The van der Waals surface area contributed by atoms with Gasteiger partial charge in [-0.3, -0.25) is 4.98 Å². The lowest BCUT2D eigenvalue weighted by Crippen LogP contribution is -1.99. The van der Waals surface area contributed by atoms with E-state index in [-0.39, 0.29) is 18.7 Å². The molecule has 0 unspecified atom stereocenters. The van der Waals surface area contributed by atoms with E-state index < -0.39 is 17.2 Å². The molecular weight excluding hydrogens is 397 g/mol.